The largest absolute Gasteiger partial charge is 0.464 e. The van der Waals surface area contributed by atoms with Gasteiger partial charge in [-0.05, 0) is 39.2 Å². The zero-order chi connectivity index (χ0) is 21.7. The van der Waals surface area contributed by atoms with E-state index in [1.165, 1.54) is 5.56 Å². The number of ether oxygens (including phenoxy) is 1. The lowest BCUT2D eigenvalue weighted by atomic mass is 10.0. The van der Waals surface area contributed by atoms with Crippen molar-refractivity contribution in [3.8, 4) is 0 Å². The van der Waals surface area contributed by atoms with Crippen LogP contribution in [0.25, 0.3) is 0 Å². The summed E-state index contributed by atoms with van der Waals surface area (Å²) in [7, 11) is 0. The van der Waals surface area contributed by atoms with Gasteiger partial charge in [0.1, 0.15) is 6.04 Å². The van der Waals surface area contributed by atoms with Crippen LogP contribution < -0.4 is 5.32 Å². The summed E-state index contributed by atoms with van der Waals surface area (Å²) in [6.45, 7) is 8.90. The first-order chi connectivity index (χ1) is 14.4. The van der Waals surface area contributed by atoms with Crippen molar-refractivity contribution in [2.75, 3.05) is 32.8 Å². The highest BCUT2D eigenvalue weighted by Crippen LogP contribution is 2.23. The number of nitrogens with one attached hydrogen (secondary N) is 1. The topological polar surface area (TPSA) is 82.2 Å². The predicted octanol–water partition coefficient (Wildman–Crippen LogP) is 2.36. The fourth-order valence-electron chi connectivity index (χ4n) is 4.10. The fourth-order valence-corrected chi connectivity index (χ4v) is 4.10. The van der Waals surface area contributed by atoms with Crippen LogP contribution in [0, 0.1) is 6.92 Å². The average Bonchev–Trinajstić information content (AvgIpc) is 3.08. The molecule has 4 amide bonds. The number of esters is 1. The summed E-state index contributed by atoms with van der Waals surface area (Å²) in [6, 6.07) is 7.53. The molecule has 8 nitrogen and oxygen atoms in total. The lowest BCUT2D eigenvalue weighted by Gasteiger charge is -2.36. The zero-order valence-corrected chi connectivity index (χ0v) is 18.1. The molecule has 2 fully saturated rings. The third kappa shape index (κ3) is 5.23. The van der Waals surface area contributed by atoms with Crippen LogP contribution in [0.5, 0.6) is 0 Å². The van der Waals surface area contributed by atoms with Gasteiger partial charge in [-0.3, -0.25) is 0 Å². The van der Waals surface area contributed by atoms with Crippen molar-refractivity contribution in [2.45, 2.75) is 52.2 Å². The van der Waals surface area contributed by atoms with Gasteiger partial charge in [0.15, 0.2) is 0 Å². The van der Waals surface area contributed by atoms with Gasteiger partial charge in [0.05, 0.1) is 6.61 Å². The molecule has 1 aromatic rings. The number of hydrogen-bond donors (Lipinski definition) is 1. The number of urea groups is 2. The van der Waals surface area contributed by atoms with Crippen molar-refractivity contribution >= 4 is 18.0 Å². The van der Waals surface area contributed by atoms with Gasteiger partial charge in [-0.15, -0.1) is 0 Å². The maximum atomic E-state index is 12.9. The van der Waals surface area contributed by atoms with Crippen LogP contribution in [0.1, 0.15) is 37.8 Å². The minimum atomic E-state index is -0.675. The highest BCUT2D eigenvalue weighted by molar-refractivity contribution is 5.83. The summed E-state index contributed by atoms with van der Waals surface area (Å²) < 4.78 is 4.93. The van der Waals surface area contributed by atoms with Crippen LogP contribution in [0.2, 0.25) is 0 Å². The molecule has 1 atom stereocenters. The van der Waals surface area contributed by atoms with Crippen molar-refractivity contribution in [3.05, 3.63) is 35.4 Å². The Kier molecular flexibility index (Phi) is 7.18. The normalized spacial score (nSPS) is 18.5. The van der Waals surface area contributed by atoms with E-state index in [1.807, 2.05) is 15.9 Å². The van der Waals surface area contributed by atoms with Crippen molar-refractivity contribution < 1.29 is 19.1 Å². The monoisotopic (exact) mass is 416 g/mol. The molecule has 0 saturated carbocycles. The number of amides is 4. The molecule has 0 aromatic heterocycles. The molecular weight excluding hydrogens is 384 g/mol. The third-order valence-electron chi connectivity index (χ3n) is 5.76. The zero-order valence-electron chi connectivity index (χ0n) is 18.1. The molecule has 0 radical (unpaired) electrons. The van der Waals surface area contributed by atoms with Gasteiger partial charge in [-0.2, -0.15) is 0 Å². The molecule has 3 rings (SSSR count). The number of hydrogen-bond acceptors (Lipinski definition) is 4. The maximum Gasteiger partial charge on any atom is 0.328 e. The Labute approximate surface area is 178 Å². The molecule has 2 heterocycles. The van der Waals surface area contributed by atoms with E-state index < -0.39 is 12.0 Å². The van der Waals surface area contributed by atoms with Gasteiger partial charge in [0.25, 0.3) is 0 Å². The third-order valence-corrected chi connectivity index (χ3v) is 5.76. The molecular formula is C22H32N4O4. The Balaban J connectivity index is 1.47. The van der Waals surface area contributed by atoms with Crippen LogP contribution in [0.3, 0.4) is 0 Å². The molecule has 1 unspecified atom stereocenters. The number of carbonyl (C=O) groups is 3. The second kappa shape index (κ2) is 9.82. The van der Waals surface area contributed by atoms with E-state index in [0.29, 0.717) is 19.6 Å². The van der Waals surface area contributed by atoms with Gasteiger partial charge >= 0.3 is 18.0 Å². The van der Waals surface area contributed by atoms with Crippen molar-refractivity contribution in [2.24, 2.45) is 0 Å². The number of aryl methyl sites for hydroxylation is 1. The molecule has 8 heteroatoms. The van der Waals surface area contributed by atoms with Crippen molar-refractivity contribution in [1.82, 2.24) is 20.0 Å². The second-order valence-electron chi connectivity index (χ2n) is 8.03. The molecule has 0 bridgehead atoms. The fraction of sp³-hybridized carbons (Fsp3) is 0.591. The number of carbonyl (C=O) groups excluding carboxylic acids is 3. The number of piperidine rings is 1. The van der Waals surface area contributed by atoms with Gasteiger partial charge in [-0.1, -0.05) is 29.8 Å². The van der Waals surface area contributed by atoms with Crippen LogP contribution in [0.4, 0.5) is 9.59 Å². The van der Waals surface area contributed by atoms with E-state index >= 15 is 0 Å². The molecule has 2 saturated heterocycles. The van der Waals surface area contributed by atoms with Crippen molar-refractivity contribution in [1.29, 1.82) is 0 Å². The summed E-state index contributed by atoms with van der Waals surface area (Å²) in [4.78, 5) is 42.6. The molecule has 0 spiro atoms. The van der Waals surface area contributed by atoms with Gasteiger partial charge in [0.2, 0.25) is 0 Å². The lowest BCUT2D eigenvalue weighted by molar-refractivity contribution is -0.144. The van der Waals surface area contributed by atoms with Crippen LogP contribution in [0.15, 0.2) is 24.3 Å². The first kappa shape index (κ1) is 21.9. The molecule has 2 aliphatic heterocycles. The summed E-state index contributed by atoms with van der Waals surface area (Å²) >= 11 is 0. The average molecular weight is 417 g/mol. The first-order valence-corrected chi connectivity index (χ1v) is 10.7. The predicted molar refractivity (Wildman–Crippen MR) is 113 cm³/mol. The molecule has 164 valence electrons. The molecule has 30 heavy (non-hydrogen) atoms. The summed E-state index contributed by atoms with van der Waals surface area (Å²) in [5.74, 6) is -0.433. The Hall–Kier alpha value is -2.77. The lowest BCUT2D eigenvalue weighted by Crippen LogP contribution is -2.52. The van der Waals surface area contributed by atoms with E-state index in [9.17, 15) is 14.4 Å². The summed E-state index contributed by atoms with van der Waals surface area (Å²) in [6.07, 6.45) is 1.48. The van der Waals surface area contributed by atoms with Crippen LogP contribution >= 0.6 is 0 Å². The minimum absolute atomic E-state index is 0.0790. The Morgan fingerprint density at radius 2 is 1.93 bits per heavy atom. The van der Waals surface area contributed by atoms with E-state index in [1.54, 1.807) is 18.7 Å². The Morgan fingerprint density at radius 3 is 2.60 bits per heavy atom. The molecule has 1 N–H and O–H groups in total. The standard InChI is InChI=1S/C22H32N4O4/c1-4-30-20(27)17(3)23-21(28)24-10-8-19(9-11-24)26-13-12-25(22(26)29)15-18-7-5-6-16(2)14-18/h5-7,14,17,19H,4,8-13,15H2,1-3H3,(H,23,28). The van der Waals surface area contributed by atoms with Crippen molar-refractivity contribution in [3.63, 3.8) is 0 Å². The quantitative estimate of drug-likeness (QED) is 0.722. The van der Waals surface area contributed by atoms with E-state index in [-0.39, 0.29) is 24.7 Å². The number of benzene rings is 1. The maximum absolute atomic E-state index is 12.9. The van der Waals surface area contributed by atoms with E-state index in [4.69, 9.17) is 4.74 Å². The second-order valence-corrected chi connectivity index (χ2v) is 8.03. The SMILES string of the molecule is CCOC(=O)C(C)NC(=O)N1CCC(N2CCN(Cc3cccc(C)c3)C2=O)CC1. The molecule has 1 aromatic carbocycles. The van der Waals surface area contributed by atoms with Crippen LogP contribution in [-0.2, 0) is 16.1 Å². The molecule has 2 aliphatic rings. The van der Waals surface area contributed by atoms with Gasteiger partial charge < -0.3 is 24.8 Å². The smallest absolute Gasteiger partial charge is 0.328 e. The van der Waals surface area contributed by atoms with Crippen LogP contribution in [-0.4, -0.2) is 77.6 Å². The summed E-state index contributed by atoms with van der Waals surface area (Å²) in [5.41, 5.74) is 2.34. The highest BCUT2D eigenvalue weighted by atomic mass is 16.5. The van der Waals surface area contributed by atoms with Gasteiger partial charge in [-0.25, -0.2) is 14.4 Å². The first-order valence-electron chi connectivity index (χ1n) is 10.7. The van der Waals surface area contributed by atoms with Gasteiger partial charge in [0, 0.05) is 38.8 Å². The number of likely N-dealkylation sites (tertiary alicyclic amines) is 1. The molecule has 0 aliphatic carbocycles. The van der Waals surface area contributed by atoms with E-state index in [2.05, 4.69) is 30.4 Å². The Morgan fingerprint density at radius 1 is 1.20 bits per heavy atom. The highest BCUT2D eigenvalue weighted by Gasteiger charge is 2.36. The Bertz CT molecular complexity index is 776. The minimum Gasteiger partial charge on any atom is -0.464 e. The number of nitrogens with zero attached hydrogens (tertiary/aromatic N) is 3. The van der Waals surface area contributed by atoms with E-state index in [0.717, 1.165) is 31.5 Å². The number of rotatable bonds is 6. The summed E-state index contributed by atoms with van der Waals surface area (Å²) in [5, 5.41) is 2.69.